The first-order chi connectivity index (χ1) is 8.04. The van der Waals surface area contributed by atoms with Gasteiger partial charge in [0, 0.05) is 5.38 Å². The number of ether oxygens (including phenoxy) is 1. The minimum absolute atomic E-state index is 0. The fourth-order valence-electron chi connectivity index (χ4n) is 0.882. The van der Waals surface area contributed by atoms with Gasteiger partial charge in [-0.2, -0.15) is 0 Å². The zero-order chi connectivity index (χ0) is 12.8. The number of hydrogen-bond acceptors (Lipinski definition) is 8. The molecule has 0 saturated heterocycles. The van der Waals surface area contributed by atoms with E-state index < -0.39 is 18.0 Å². The maximum Gasteiger partial charge on any atom is 0.356 e. The van der Waals surface area contributed by atoms with Crippen molar-refractivity contribution in [2.24, 2.45) is 5.16 Å². The molecule has 1 heterocycles. The normalized spacial score (nSPS) is 11.6. The van der Waals surface area contributed by atoms with Crippen LogP contribution in [0.2, 0.25) is 0 Å². The summed E-state index contributed by atoms with van der Waals surface area (Å²) in [4.78, 5) is 30.1. The predicted octanol–water partition coefficient (Wildman–Crippen LogP) is -0.798. The number of methoxy groups -OCH3 is 1. The van der Waals surface area contributed by atoms with Crippen LogP contribution in [0.25, 0.3) is 0 Å². The van der Waals surface area contributed by atoms with Crippen LogP contribution in [0.1, 0.15) is 11.8 Å². The fraction of sp³-hybridized carbons (Fsp3) is 0.250. The molecule has 1 aromatic heterocycles. The van der Waals surface area contributed by atoms with E-state index in [1.54, 1.807) is 0 Å². The van der Waals surface area contributed by atoms with Gasteiger partial charge in [-0.1, -0.05) is 5.16 Å². The van der Waals surface area contributed by atoms with E-state index in [0.29, 0.717) is 6.21 Å². The third-order valence-electron chi connectivity index (χ3n) is 1.55. The monoisotopic (exact) mass is 277 g/mol. The topological polar surface area (TPSA) is 156 Å². The SMILES string of the molecule is COC(=O)C(O/N=C/C(=O)O)c1csc(N)n1.O. The second kappa shape index (κ2) is 7.19. The molecule has 0 spiro atoms. The highest BCUT2D eigenvalue weighted by Gasteiger charge is 2.26. The molecule has 0 aliphatic rings. The molecular weight excluding hydrogens is 266 g/mol. The molecule has 10 heteroatoms. The van der Waals surface area contributed by atoms with E-state index in [4.69, 9.17) is 15.7 Å². The van der Waals surface area contributed by atoms with Gasteiger partial charge in [-0.15, -0.1) is 11.3 Å². The lowest BCUT2D eigenvalue weighted by molar-refractivity contribution is -0.155. The number of nitrogens with two attached hydrogens (primary N) is 1. The smallest absolute Gasteiger partial charge is 0.356 e. The van der Waals surface area contributed by atoms with Gasteiger partial charge in [0.25, 0.3) is 6.10 Å². The molecule has 1 aromatic rings. The van der Waals surface area contributed by atoms with Gasteiger partial charge in [0.15, 0.2) is 11.3 Å². The summed E-state index contributed by atoms with van der Waals surface area (Å²) in [7, 11) is 1.16. The van der Waals surface area contributed by atoms with Crippen molar-refractivity contribution in [3.63, 3.8) is 0 Å². The van der Waals surface area contributed by atoms with Crippen LogP contribution in [0.3, 0.4) is 0 Å². The summed E-state index contributed by atoms with van der Waals surface area (Å²) >= 11 is 1.11. The van der Waals surface area contributed by atoms with E-state index >= 15 is 0 Å². The molecule has 5 N–H and O–H groups in total. The third-order valence-corrected chi connectivity index (χ3v) is 2.25. The minimum atomic E-state index is -1.30. The first kappa shape index (κ1) is 15.8. The number of nitrogen functional groups attached to an aromatic ring is 1. The molecule has 100 valence electrons. The summed E-state index contributed by atoms with van der Waals surface area (Å²) in [6, 6.07) is 0. The average Bonchev–Trinajstić information content (AvgIpc) is 2.69. The van der Waals surface area contributed by atoms with Gasteiger partial charge >= 0.3 is 11.9 Å². The Kier molecular flexibility index (Phi) is 6.31. The number of anilines is 1. The maximum atomic E-state index is 11.4. The molecule has 0 fully saturated rings. The molecule has 0 amide bonds. The molecule has 0 bridgehead atoms. The summed E-state index contributed by atoms with van der Waals surface area (Å²) in [6.45, 7) is 0. The number of esters is 1. The van der Waals surface area contributed by atoms with Gasteiger partial charge in [-0.25, -0.2) is 14.6 Å². The van der Waals surface area contributed by atoms with Crippen LogP contribution < -0.4 is 5.73 Å². The van der Waals surface area contributed by atoms with Crippen LogP contribution in [-0.4, -0.2) is 40.8 Å². The number of rotatable bonds is 5. The summed E-state index contributed by atoms with van der Waals surface area (Å²) in [6.07, 6.45) is -0.727. The Morgan fingerprint density at radius 1 is 1.67 bits per heavy atom. The quantitative estimate of drug-likeness (QED) is 0.405. The van der Waals surface area contributed by atoms with E-state index in [-0.39, 0.29) is 16.3 Å². The molecule has 1 atom stereocenters. The van der Waals surface area contributed by atoms with Crippen molar-refractivity contribution in [3.8, 4) is 0 Å². The van der Waals surface area contributed by atoms with Gasteiger partial charge in [-0.3, -0.25) is 0 Å². The minimum Gasteiger partial charge on any atom is -0.477 e. The predicted molar refractivity (Wildman–Crippen MR) is 62.1 cm³/mol. The van der Waals surface area contributed by atoms with Gasteiger partial charge in [0.2, 0.25) is 0 Å². The van der Waals surface area contributed by atoms with E-state index in [9.17, 15) is 9.59 Å². The number of carboxylic acids is 1. The van der Waals surface area contributed by atoms with Crippen molar-refractivity contribution in [1.82, 2.24) is 4.98 Å². The van der Waals surface area contributed by atoms with Gasteiger partial charge in [-0.05, 0) is 0 Å². The second-order valence-corrected chi connectivity index (χ2v) is 3.58. The standard InChI is InChI=1S/C8H9N3O5S.H2O/c1-15-7(14)6(16-10-2-5(12)13)4-3-17-8(9)11-4;/h2-3,6H,1H3,(H2,9,11)(H,12,13);1H2/b10-2+;. The lowest BCUT2D eigenvalue weighted by Crippen LogP contribution is -2.16. The number of nitrogens with zero attached hydrogens (tertiary/aromatic N) is 2. The number of carbonyl (C=O) groups excluding carboxylic acids is 1. The summed E-state index contributed by atoms with van der Waals surface area (Å²) in [5, 5.41) is 13.2. The Labute approximate surface area is 105 Å². The van der Waals surface area contributed by atoms with E-state index in [0.717, 1.165) is 18.4 Å². The molecule has 0 radical (unpaired) electrons. The second-order valence-electron chi connectivity index (χ2n) is 2.69. The number of oxime groups is 1. The van der Waals surface area contributed by atoms with Gasteiger partial charge < -0.3 is 25.9 Å². The van der Waals surface area contributed by atoms with E-state index in [1.807, 2.05) is 0 Å². The molecule has 9 nitrogen and oxygen atoms in total. The van der Waals surface area contributed by atoms with Crippen molar-refractivity contribution in [2.45, 2.75) is 6.10 Å². The summed E-state index contributed by atoms with van der Waals surface area (Å²) < 4.78 is 4.47. The highest BCUT2D eigenvalue weighted by atomic mass is 32.1. The number of aromatic nitrogens is 1. The summed E-state index contributed by atoms with van der Waals surface area (Å²) in [5.41, 5.74) is 5.61. The summed E-state index contributed by atoms with van der Waals surface area (Å²) in [5.74, 6) is -2.05. The van der Waals surface area contributed by atoms with Gasteiger partial charge in [0.05, 0.1) is 7.11 Å². The Morgan fingerprint density at radius 3 is 2.78 bits per heavy atom. The first-order valence-electron chi connectivity index (χ1n) is 4.25. The van der Waals surface area contributed by atoms with Crippen LogP contribution in [0, 0.1) is 0 Å². The highest BCUT2D eigenvalue weighted by molar-refractivity contribution is 7.13. The van der Waals surface area contributed by atoms with Crippen molar-refractivity contribution < 1.29 is 29.7 Å². The zero-order valence-electron chi connectivity index (χ0n) is 9.19. The lowest BCUT2D eigenvalue weighted by Gasteiger charge is -2.09. The number of aliphatic carboxylic acids is 1. The molecule has 0 aromatic carbocycles. The Balaban J connectivity index is 0.00000289. The van der Waals surface area contributed by atoms with Crippen LogP contribution in [-0.2, 0) is 19.2 Å². The molecule has 18 heavy (non-hydrogen) atoms. The molecule has 0 aliphatic heterocycles. The Bertz CT molecular complexity index is 446. The van der Waals surface area contributed by atoms with E-state index in [1.165, 1.54) is 5.38 Å². The number of hydrogen-bond donors (Lipinski definition) is 2. The number of carbonyl (C=O) groups is 2. The van der Waals surface area contributed by atoms with Crippen molar-refractivity contribution in [2.75, 3.05) is 12.8 Å². The van der Waals surface area contributed by atoms with Crippen molar-refractivity contribution in [1.29, 1.82) is 0 Å². The fourth-order valence-corrected chi connectivity index (χ4v) is 1.46. The highest BCUT2D eigenvalue weighted by Crippen LogP contribution is 2.22. The van der Waals surface area contributed by atoms with Crippen molar-refractivity contribution in [3.05, 3.63) is 11.1 Å². The van der Waals surface area contributed by atoms with Crippen LogP contribution in [0.5, 0.6) is 0 Å². The molecule has 1 unspecified atom stereocenters. The first-order valence-corrected chi connectivity index (χ1v) is 5.13. The largest absolute Gasteiger partial charge is 0.477 e. The maximum absolute atomic E-state index is 11.4. The van der Waals surface area contributed by atoms with Gasteiger partial charge in [0.1, 0.15) is 5.69 Å². The molecule has 0 aliphatic carbocycles. The van der Waals surface area contributed by atoms with Crippen molar-refractivity contribution >= 4 is 34.6 Å². The lowest BCUT2D eigenvalue weighted by atomic mass is 10.3. The Hall–Kier alpha value is -2.20. The Morgan fingerprint density at radius 2 is 2.33 bits per heavy atom. The van der Waals surface area contributed by atoms with Crippen LogP contribution in [0.15, 0.2) is 10.5 Å². The number of thiazole rings is 1. The van der Waals surface area contributed by atoms with Crippen LogP contribution >= 0.6 is 11.3 Å². The third kappa shape index (κ3) is 4.35. The zero-order valence-corrected chi connectivity index (χ0v) is 10.0. The average molecular weight is 277 g/mol. The number of carboxylic acid groups (broad SMARTS) is 1. The molecular formula is C8H11N3O6S. The van der Waals surface area contributed by atoms with Crippen LogP contribution in [0.4, 0.5) is 5.13 Å². The molecule has 1 rings (SSSR count). The molecule has 0 saturated carbocycles. The van der Waals surface area contributed by atoms with E-state index in [2.05, 4.69) is 14.9 Å².